The van der Waals surface area contributed by atoms with E-state index in [2.05, 4.69) is 4.98 Å². The second kappa shape index (κ2) is 6.67. The van der Waals surface area contributed by atoms with Crippen LogP contribution in [0.4, 0.5) is 5.69 Å². The van der Waals surface area contributed by atoms with Crippen LogP contribution in [-0.2, 0) is 0 Å². The van der Waals surface area contributed by atoms with Crippen molar-refractivity contribution in [2.45, 2.75) is 12.5 Å². The van der Waals surface area contributed by atoms with Gasteiger partial charge in [-0.3, -0.25) is 10.1 Å². The minimum absolute atomic E-state index is 0.0101. The Balaban J connectivity index is 2.04. The number of benzene rings is 2. The van der Waals surface area contributed by atoms with Crippen LogP contribution in [0.3, 0.4) is 0 Å². The molecule has 1 unspecified atom stereocenters. The van der Waals surface area contributed by atoms with Crippen LogP contribution in [0.5, 0.6) is 5.75 Å². The molecule has 0 aliphatic rings. The molecule has 1 atom stereocenters. The van der Waals surface area contributed by atoms with Crippen LogP contribution in [0.1, 0.15) is 18.0 Å². The lowest BCUT2D eigenvalue weighted by atomic mass is 10.0. The first kappa shape index (κ1) is 15.9. The summed E-state index contributed by atoms with van der Waals surface area (Å²) in [6.07, 6.45) is 2.16. The molecule has 1 heterocycles. The molecule has 0 amide bonds. The zero-order valence-corrected chi connectivity index (χ0v) is 13.1. The van der Waals surface area contributed by atoms with Gasteiger partial charge in [0.1, 0.15) is 5.75 Å². The first-order valence-corrected chi connectivity index (χ1v) is 7.50. The van der Waals surface area contributed by atoms with Gasteiger partial charge in [0.05, 0.1) is 35.4 Å². The summed E-state index contributed by atoms with van der Waals surface area (Å²) in [6.45, 7) is 0.0172. The monoisotopic (exact) mass is 327 g/mol. The second-order valence-corrected chi connectivity index (χ2v) is 5.38. The summed E-state index contributed by atoms with van der Waals surface area (Å²) in [6, 6.07) is 12.1. The van der Waals surface area contributed by atoms with E-state index in [0.717, 1.165) is 16.8 Å². The van der Waals surface area contributed by atoms with Crippen LogP contribution < -0.4 is 4.74 Å². The van der Waals surface area contributed by atoms with E-state index >= 15 is 0 Å². The number of fused-ring (bicyclic) bond motifs is 1. The molecule has 2 aromatic carbocycles. The Morgan fingerprint density at radius 2 is 2.04 bits per heavy atom. The molecule has 7 heteroatoms. The molecule has 0 fully saturated rings. The maximum atomic E-state index is 10.9. The molecule has 0 aliphatic heterocycles. The van der Waals surface area contributed by atoms with Crippen molar-refractivity contribution in [3.8, 4) is 5.75 Å². The number of nitro groups is 1. The highest BCUT2D eigenvalue weighted by molar-refractivity contribution is 5.78. The molecular formula is C17H17N3O4. The number of ether oxygens (including phenoxy) is 1. The van der Waals surface area contributed by atoms with E-state index in [-0.39, 0.29) is 18.3 Å². The molecule has 3 aromatic rings. The Labute approximate surface area is 138 Å². The van der Waals surface area contributed by atoms with Gasteiger partial charge in [-0.2, -0.15) is 0 Å². The number of hydrogen-bond donors (Lipinski definition) is 1. The van der Waals surface area contributed by atoms with Crippen molar-refractivity contribution in [2.75, 3.05) is 13.7 Å². The second-order valence-electron chi connectivity index (χ2n) is 5.38. The molecule has 0 radical (unpaired) electrons. The van der Waals surface area contributed by atoms with Crippen LogP contribution >= 0.6 is 0 Å². The molecule has 0 aliphatic carbocycles. The largest absolute Gasteiger partial charge is 0.497 e. The van der Waals surface area contributed by atoms with Gasteiger partial charge >= 0.3 is 0 Å². The minimum atomic E-state index is -0.437. The normalized spacial score (nSPS) is 12.2. The third-order valence-electron chi connectivity index (χ3n) is 4.01. The van der Waals surface area contributed by atoms with Gasteiger partial charge in [0.15, 0.2) is 0 Å². The lowest BCUT2D eigenvalue weighted by Crippen LogP contribution is -2.11. The number of aliphatic hydroxyl groups is 1. The molecule has 0 saturated heterocycles. The van der Waals surface area contributed by atoms with Gasteiger partial charge in [0.25, 0.3) is 5.69 Å². The van der Waals surface area contributed by atoms with Gasteiger partial charge in [-0.15, -0.1) is 0 Å². The fourth-order valence-corrected chi connectivity index (χ4v) is 2.80. The first-order chi connectivity index (χ1) is 11.6. The maximum Gasteiger partial charge on any atom is 0.271 e. The number of non-ortho nitro benzene ring substituents is 1. The molecule has 7 nitrogen and oxygen atoms in total. The number of nitro benzene ring substituents is 1. The van der Waals surface area contributed by atoms with Crippen LogP contribution in [0.25, 0.3) is 11.0 Å². The molecule has 1 N–H and O–H groups in total. The highest BCUT2D eigenvalue weighted by Crippen LogP contribution is 2.29. The van der Waals surface area contributed by atoms with Gasteiger partial charge in [-0.1, -0.05) is 12.1 Å². The summed E-state index contributed by atoms with van der Waals surface area (Å²) in [4.78, 5) is 14.7. The quantitative estimate of drug-likeness (QED) is 0.555. The smallest absolute Gasteiger partial charge is 0.271 e. The average molecular weight is 327 g/mol. The summed E-state index contributed by atoms with van der Waals surface area (Å²) in [7, 11) is 1.61. The van der Waals surface area contributed by atoms with E-state index in [9.17, 15) is 15.2 Å². The van der Waals surface area contributed by atoms with Crippen molar-refractivity contribution in [3.05, 3.63) is 64.5 Å². The summed E-state index contributed by atoms with van der Waals surface area (Å²) in [5.74, 6) is 0.757. The Morgan fingerprint density at radius 3 is 2.67 bits per heavy atom. The summed E-state index contributed by atoms with van der Waals surface area (Å²) >= 11 is 0. The van der Waals surface area contributed by atoms with Crippen molar-refractivity contribution in [2.24, 2.45) is 0 Å². The number of rotatable bonds is 6. The standard InChI is InChI=1S/C17H17N3O4/c1-24-14-5-2-12(3-6-14)16(8-9-21)19-11-18-15-10-13(20(22)23)4-7-17(15)19/h2-7,10-11,16,21H,8-9H2,1H3. The van der Waals surface area contributed by atoms with Crippen LogP contribution in [0.2, 0.25) is 0 Å². The fraction of sp³-hybridized carbons (Fsp3) is 0.235. The van der Waals surface area contributed by atoms with Crippen LogP contribution in [0, 0.1) is 10.1 Å². The molecule has 1 aromatic heterocycles. The molecule has 0 bridgehead atoms. The Kier molecular flexibility index (Phi) is 4.43. The number of methoxy groups -OCH3 is 1. The third kappa shape index (κ3) is 2.93. The van der Waals surface area contributed by atoms with E-state index < -0.39 is 4.92 Å². The zero-order valence-electron chi connectivity index (χ0n) is 13.1. The highest BCUT2D eigenvalue weighted by atomic mass is 16.6. The molecule has 0 saturated carbocycles. The summed E-state index contributed by atoms with van der Waals surface area (Å²) in [5.41, 5.74) is 2.36. The lowest BCUT2D eigenvalue weighted by Gasteiger charge is -2.19. The van der Waals surface area contributed by atoms with Gasteiger partial charge in [0, 0.05) is 18.7 Å². The SMILES string of the molecule is COc1ccc(C(CCO)n2cnc3cc([N+](=O)[O-])ccc32)cc1. The Morgan fingerprint density at radius 1 is 1.29 bits per heavy atom. The molecule has 0 spiro atoms. The average Bonchev–Trinajstić information content (AvgIpc) is 3.02. The third-order valence-corrected chi connectivity index (χ3v) is 4.01. The number of nitrogens with zero attached hydrogens (tertiary/aromatic N) is 3. The molecule has 24 heavy (non-hydrogen) atoms. The first-order valence-electron chi connectivity index (χ1n) is 7.50. The number of aliphatic hydroxyl groups excluding tert-OH is 1. The van der Waals surface area contributed by atoms with Crippen molar-refractivity contribution in [1.29, 1.82) is 0 Å². The fourth-order valence-electron chi connectivity index (χ4n) is 2.80. The maximum absolute atomic E-state index is 10.9. The summed E-state index contributed by atoms with van der Waals surface area (Å²) in [5, 5.41) is 20.3. The van der Waals surface area contributed by atoms with Crippen molar-refractivity contribution in [3.63, 3.8) is 0 Å². The highest BCUT2D eigenvalue weighted by Gasteiger charge is 2.18. The number of hydrogen-bond acceptors (Lipinski definition) is 5. The molecular weight excluding hydrogens is 310 g/mol. The van der Waals surface area contributed by atoms with Gasteiger partial charge < -0.3 is 14.4 Å². The number of imidazole rings is 1. The van der Waals surface area contributed by atoms with Crippen molar-refractivity contribution < 1.29 is 14.8 Å². The van der Waals surface area contributed by atoms with E-state index in [4.69, 9.17) is 4.74 Å². The van der Waals surface area contributed by atoms with Crippen molar-refractivity contribution in [1.82, 2.24) is 9.55 Å². The van der Waals surface area contributed by atoms with E-state index in [1.807, 2.05) is 28.8 Å². The Bertz CT molecular complexity index is 858. The van der Waals surface area contributed by atoms with Gasteiger partial charge in [-0.25, -0.2) is 4.98 Å². The minimum Gasteiger partial charge on any atom is -0.497 e. The number of aromatic nitrogens is 2. The molecule has 3 rings (SSSR count). The van der Waals surface area contributed by atoms with Gasteiger partial charge in [0.2, 0.25) is 0 Å². The predicted octanol–water partition coefficient (Wildman–Crippen LogP) is 2.92. The summed E-state index contributed by atoms with van der Waals surface area (Å²) < 4.78 is 7.10. The van der Waals surface area contributed by atoms with Crippen LogP contribution in [0.15, 0.2) is 48.8 Å². The van der Waals surface area contributed by atoms with E-state index in [1.165, 1.54) is 12.1 Å². The Hall–Kier alpha value is -2.93. The van der Waals surface area contributed by atoms with Crippen molar-refractivity contribution >= 4 is 16.7 Å². The predicted molar refractivity (Wildman–Crippen MR) is 89.2 cm³/mol. The zero-order chi connectivity index (χ0) is 17.1. The lowest BCUT2D eigenvalue weighted by molar-refractivity contribution is -0.384. The van der Waals surface area contributed by atoms with Gasteiger partial charge in [-0.05, 0) is 30.2 Å². The topological polar surface area (TPSA) is 90.4 Å². The van der Waals surface area contributed by atoms with Crippen LogP contribution in [-0.4, -0.2) is 33.3 Å². The molecule has 124 valence electrons. The van der Waals surface area contributed by atoms with E-state index in [1.54, 1.807) is 19.5 Å². The van der Waals surface area contributed by atoms with E-state index in [0.29, 0.717) is 11.9 Å².